The number of carbonyl (C=O) groups excluding carboxylic acids is 1. The van der Waals surface area contributed by atoms with E-state index in [1.54, 1.807) is 7.11 Å². The van der Waals surface area contributed by atoms with Crippen LogP contribution in [0.4, 0.5) is 0 Å². The second-order valence-corrected chi connectivity index (χ2v) is 8.16. The Balaban J connectivity index is 1.55. The molecule has 4 rings (SSSR count). The Bertz CT molecular complexity index is 627. The lowest BCUT2D eigenvalue weighted by molar-refractivity contribution is -0.136. The molecule has 0 unspecified atom stereocenters. The number of ether oxygens (including phenoxy) is 2. The Morgan fingerprint density at radius 1 is 1.31 bits per heavy atom. The first-order chi connectivity index (χ1) is 12.7. The highest BCUT2D eigenvalue weighted by atomic mass is 16.5. The lowest BCUT2D eigenvalue weighted by Crippen LogP contribution is -2.65. The Labute approximate surface area is 156 Å². The summed E-state index contributed by atoms with van der Waals surface area (Å²) in [6.45, 7) is 3.34. The lowest BCUT2D eigenvalue weighted by atomic mass is 9.66. The van der Waals surface area contributed by atoms with Crippen LogP contribution in [-0.2, 0) is 19.7 Å². The Kier molecular flexibility index (Phi) is 5.04. The van der Waals surface area contributed by atoms with E-state index in [-0.39, 0.29) is 24.0 Å². The van der Waals surface area contributed by atoms with Crippen LogP contribution in [0.3, 0.4) is 0 Å². The van der Waals surface area contributed by atoms with Crippen LogP contribution in [-0.4, -0.2) is 63.4 Å². The van der Waals surface area contributed by atoms with Gasteiger partial charge >= 0.3 is 0 Å². The minimum absolute atomic E-state index is 0.176. The Morgan fingerprint density at radius 2 is 2.04 bits per heavy atom. The fourth-order valence-electron chi connectivity index (χ4n) is 5.13. The van der Waals surface area contributed by atoms with E-state index in [0.717, 1.165) is 44.5 Å². The number of methoxy groups -OCH3 is 1. The summed E-state index contributed by atoms with van der Waals surface area (Å²) in [4.78, 5) is 15.9. The van der Waals surface area contributed by atoms with Gasteiger partial charge in [-0.15, -0.1) is 0 Å². The van der Waals surface area contributed by atoms with Crippen LogP contribution in [0.5, 0.6) is 0 Å². The summed E-state index contributed by atoms with van der Waals surface area (Å²) in [5, 5.41) is 3.43. The number of nitrogens with zero attached hydrogens (tertiary/aromatic N) is 1. The van der Waals surface area contributed by atoms with E-state index < -0.39 is 5.41 Å². The van der Waals surface area contributed by atoms with E-state index in [4.69, 9.17) is 9.47 Å². The van der Waals surface area contributed by atoms with E-state index in [1.807, 2.05) is 18.2 Å². The molecule has 2 heterocycles. The molecule has 3 aliphatic rings. The van der Waals surface area contributed by atoms with Crippen molar-refractivity contribution in [1.82, 2.24) is 10.2 Å². The molecule has 4 atom stereocenters. The third-order valence-corrected chi connectivity index (χ3v) is 6.79. The van der Waals surface area contributed by atoms with Crippen molar-refractivity contribution in [3.63, 3.8) is 0 Å². The quantitative estimate of drug-likeness (QED) is 0.872. The van der Waals surface area contributed by atoms with Gasteiger partial charge < -0.3 is 19.7 Å². The van der Waals surface area contributed by atoms with Gasteiger partial charge in [0.15, 0.2) is 0 Å². The summed E-state index contributed by atoms with van der Waals surface area (Å²) in [5.41, 5.74) is 0.725. The second kappa shape index (κ2) is 7.29. The van der Waals surface area contributed by atoms with Crippen molar-refractivity contribution >= 4 is 5.91 Å². The number of benzene rings is 1. The Morgan fingerprint density at radius 3 is 2.73 bits per heavy atom. The number of piperidine rings is 1. The molecule has 142 valence electrons. The first-order valence-corrected chi connectivity index (χ1v) is 9.81. The van der Waals surface area contributed by atoms with Crippen LogP contribution in [0.1, 0.15) is 24.8 Å². The molecule has 5 heteroatoms. The third-order valence-electron chi connectivity index (χ3n) is 6.79. The summed E-state index contributed by atoms with van der Waals surface area (Å²) < 4.78 is 11.3. The van der Waals surface area contributed by atoms with Gasteiger partial charge in [-0.3, -0.25) is 4.79 Å². The highest BCUT2D eigenvalue weighted by molar-refractivity contribution is 5.89. The normalized spacial score (nSPS) is 33.3. The Hall–Kier alpha value is -1.43. The van der Waals surface area contributed by atoms with Crippen molar-refractivity contribution in [3.05, 3.63) is 35.9 Å². The molecule has 1 aliphatic carbocycles. The predicted octanol–water partition coefficient (Wildman–Crippen LogP) is 1.82. The fraction of sp³-hybridized carbons (Fsp3) is 0.667. The molecular weight excluding hydrogens is 328 g/mol. The molecule has 0 aromatic heterocycles. The molecule has 1 N–H and O–H groups in total. The molecule has 1 aromatic carbocycles. The summed E-state index contributed by atoms with van der Waals surface area (Å²) >= 11 is 0. The standard InChI is InChI=1S/C21H30N2O3/c1-23-11-9-21(10-12-23,15-6-4-3-5-7-15)20(24)22-18-16-8-13-26-19(16)17(18)14-25-2/h3-7,16-19H,8-14H2,1-2H3,(H,22,24)/t16-,17+,18+,19-/m0/s1. The largest absolute Gasteiger partial charge is 0.384 e. The van der Waals surface area contributed by atoms with Gasteiger partial charge in [0.2, 0.25) is 5.91 Å². The molecule has 1 amide bonds. The number of nitrogens with one attached hydrogen (secondary N) is 1. The minimum atomic E-state index is -0.421. The van der Waals surface area contributed by atoms with E-state index in [9.17, 15) is 4.79 Å². The SMILES string of the molecule is COC[C@@H]1[C@H](NC(=O)C2(c3ccccc3)CCN(C)CC2)[C@@H]2CCO[C@H]12. The summed E-state index contributed by atoms with van der Waals surface area (Å²) in [7, 11) is 3.86. The van der Waals surface area contributed by atoms with Crippen LogP contribution in [0, 0.1) is 11.8 Å². The highest BCUT2D eigenvalue weighted by Crippen LogP contribution is 2.45. The number of likely N-dealkylation sites (tertiary alicyclic amines) is 1. The number of carbonyl (C=O) groups is 1. The maximum Gasteiger partial charge on any atom is 0.230 e. The van der Waals surface area contributed by atoms with Crippen LogP contribution in [0.15, 0.2) is 30.3 Å². The summed E-state index contributed by atoms with van der Waals surface area (Å²) in [5.74, 6) is 0.905. The monoisotopic (exact) mass is 358 g/mol. The maximum absolute atomic E-state index is 13.6. The zero-order chi connectivity index (χ0) is 18.1. The summed E-state index contributed by atoms with van der Waals surface area (Å²) in [6, 6.07) is 10.5. The summed E-state index contributed by atoms with van der Waals surface area (Å²) in [6.07, 6.45) is 3.03. The van der Waals surface area contributed by atoms with Crippen LogP contribution in [0.25, 0.3) is 0 Å². The van der Waals surface area contributed by atoms with Crippen molar-refractivity contribution < 1.29 is 14.3 Å². The first kappa shape index (κ1) is 18.0. The predicted molar refractivity (Wildman–Crippen MR) is 100.0 cm³/mol. The number of hydrogen-bond acceptors (Lipinski definition) is 4. The van der Waals surface area contributed by atoms with Gasteiger partial charge in [-0.2, -0.15) is 0 Å². The average Bonchev–Trinajstić information content (AvgIpc) is 3.10. The van der Waals surface area contributed by atoms with Crippen molar-refractivity contribution in [2.24, 2.45) is 11.8 Å². The van der Waals surface area contributed by atoms with Gasteiger partial charge in [-0.05, 0) is 45.0 Å². The van der Waals surface area contributed by atoms with Gasteiger partial charge in [0.25, 0.3) is 0 Å². The zero-order valence-electron chi connectivity index (χ0n) is 15.8. The first-order valence-electron chi connectivity index (χ1n) is 9.81. The van der Waals surface area contributed by atoms with Gasteiger partial charge in [0, 0.05) is 31.6 Å². The molecule has 0 bridgehead atoms. The lowest BCUT2D eigenvalue weighted by Gasteiger charge is -2.49. The van der Waals surface area contributed by atoms with Crippen molar-refractivity contribution in [1.29, 1.82) is 0 Å². The van der Waals surface area contributed by atoms with Crippen molar-refractivity contribution in [2.45, 2.75) is 36.8 Å². The number of rotatable bonds is 5. The maximum atomic E-state index is 13.6. The zero-order valence-corrected chi connectivity index (χ0v) is 15.8. The third kappa shape index (κ3) is 2.96. The topological polar surface area (TPSA) is 50.8 Å². The molecule has 1 aromatic rings. The molecule has 0 radical (unpaired) electrons. The molecule has 3 fully saturated rings. The van der Waals surface area contributed by atoms with Gasteiger partial charge in [-0.1, -0.05) is 30.3 Å². The number of hydrogen-bond donors (Lipinski definition) is 1. The molecular formula is C21H30N2O3. The van der Waals surface area contributed by atoms with E-state index in [2.05, 4.69) is 29.4 Å². The van der Waals surface area contributed by atoms with E-state index in [1.165, 1.54) is 0 Å². The van der Waals surface area contributed by atoms with Crippen molar-refractivity contribution in [3.8, 4) is 0 Å². The van der Waals surface area contributed by atoms with Gasteiger partial charge in [0.05, 0.1) is 18.1 Å². The second-order valence-electron chi connectivity index (χ2n) is 8.16. The molecule has 5 nitrogen and oxygen atoms in total. The molecule has 0 spiro atoms. The number of fused-ring (bicyclic) bond motifs is 1. The van der Waals surface area contributed by atoms with Crippen LogP contribution in [0.2, 0.25) is 0 Å². The average molecular weight is 358 g/mol. The molecule has 2 aliphatic heterocycles. The highest BCUT2D eigenvalue weighted by Gasteiger charge is 2.55. The smallest absolute Gasteiger partial charge is 0.230 e. The molecule has 2 saturated heterocycles. The number of amides is 1. The van der Waals surface area contributed by atoms with Crippen LogP contribution < -0.4 is 5.32 Å². The minimum Gasteiger partial charge on any atom is -0.384 e. The van der Waals surface area contributed by atoms with Crippen LogP contribution >= 0.6 is 0 Å². The van der Waals surface area contributed by atoms with Gasteiger partial charge in [-0.25, -0.2) is 0 Å². The van der Waals surface area contributed by atoms with Gasteiger partial charge in [0.1, 0.15) is 0 Å². The molecule has 1 saturated carbocycles. The fourth-order valence-corrected chi connectivity index (χ4v) is 5.13. The van der Waals surface area contributed by atoms with E-state index >= 15 is 0 Å². The molecule has 26 heavy (non-hydrogen) atoms. The van der Waals surface area contributed by atoms with Crippen molar-refractivity contribution in [2.75, 3.05) is 40.5 Å². The van der Waals surface area contributed by atoms with E-state index in [0.29, 0.717) is 12.5 Å².